The lowest BCUT2D eigenvalue weighted by molar-refractivity contribution is 0.747. The second-order valence-electron chi connectivity index (χ2n) is 2.84. The van der Waals surface area contributed by atoms with Crippen molar-refractivity contribution >= 4 is 5.95 Å². The Hall–Kier alpha value is -0.990. The van der Waals surface area contributed by atoms with Gasteiger partial charge in [0.25, 0.3) is 0 Å². The average molecular weight is 153 g/mol. The fourth-order valence-corrected chi connectivity index (χ4v) is 0.963. The molecular weight excluding hydrogens is 138 g/mol. The molecule has 0 saturated heterocycles. The Kier molecular flexibility index (Phi) is 2.52. The van der Waals surface area contributed by atoms with Gasteiger partial charge in [-0.05, 0) is 20.8 Å². The van der Waals surface area contributed by atoms with Gasteiger partial charge in [-0.25, -0.2) is 4.98 Å². The van der Waals surface area contributed by atoms with E-state index in [9.17, 15) is 0 Å². The number of rotatable bonds is 3. The van der Waals surface area contributed by atoms with Crippen LogP contribution in [0.4, 0.5) is 5.95 Å². The second-order valence-corrected chi connectivity index (χ2v) is 2.84. The minimum atomic E-state index is 0.447. The lowest BCUT2D eigenvalue weighted by atomic mass is 10.4. The maximum Gasteiger partial charge on any atom is 0.202 e. The van der Waals surface area contributed by atoms with Gasteiger partial charge in [0.2, 0.25) is 5.95 Å². The molecule has 3 heteroatoms. The normalized spacial score (nSPS) is 10.5. The molecule has 0 aliphatic rings. The van der Waals surface area contributed by atoms with Gasteiger partial charge < -0.3 is 9.88 Å². The van der Waals surface area contributed by atoms with Crippen molar-refractivity contribution in [2.75, 3.05) is 5.32 Å². The first kappa shape index (κ1) is 8.11. The number of imidazole rings is 1. The van der Waals surface area contributed by atoms with Gasteiger partial charge in [0.1, 0.15) is 0 Å². The minimum Gasteiger partial charge on any atom is -0.353 e. The van der Waals surface area contributed by atoms with E-state index in [1.54, 1.807) is 0 Å². The lowest BCUT2D eigenvalue weighted by Crippen LogP contribution is -2.14. The van der Waals surface area contributed by atoms with Crippen LogP contribution in [0.15, 0.2) is 12.4 Å². The Bertz CT molecular complexity index is 215. The maximum atomic E-state index is 4.18. The largest absolute Gasteiger partial charge is 0.353 e. The zero-order chi connectivity index (χ0) is 8.27. The monoisotopic (exact) mass is 153 g/mol. The van der Waals surface area contributed by atoms with E-state index in [0.717, 1.165) is 12.5 Å². The van der Waals surface area contributed by atoms with Crippen LogP contribution in [0.3, 0.4) is 0 Å². The van der Waals surface area contributed by atoms with Crippen LogP contribution < -0.4 is 5.32 Å². The van der Waals surface area contributed by atoms with Crippen LogP contribution in [0.25, 0.3) is 0 Å². The standard InChI is InChI=1S/C8H15N3/c1-4-11-6-5-9-8(11)10-7(2)3/h5-7H,4H2,1-3H3,(H,9,10). The topological polar surface area (TPSA) is 29.9 Å². The van der Waals surface area contributed by atoms with Crippen LogP contribution in [0, 0.1) is 0 Å². The molecule has 0 aliphatic heterocycles. The van der Waals surface area contributed by atoms with Crippen LogP contribution in [-0.2, 0) is 6.54 Å². The van der Waals surface area contributed by atoms with E-state index in [2.05, 4.69) is 35.6 Å². The molecule has 0 unspecified atom stereocenters. The molecule has 0 aromatic carbocycles. The summed E-state index contributed by atoms with van der Waals surface area (Å²) in [5.74, 6) is 0.961. The molecule has 1 N–H and O–H groups in total. The van der Waals surface area contributed by atoms with Gasteiger partial charge in [-0.1, -0.05) is 0 Å². The third-order valence-corrected chi connectivity index (χ3v) is 1.47. The van der Waals surface area contributed by atoms with Crippen LogP contribution in [-0.4, -0.2) is 15.6 Å². The molecule has 0 aliphatic carbocycles. The molecular formula is C8H15N3. The molecule has 0 spiro atoms. The van der Waals surface area contributed by atoms with E-state index in [1.165, 1.54) is 0 Å². The molecule has 1 rings (SSSR count). The zero-order valence-corrected chi connectivity index (χ0v) is 7.33. The van der Waals surface area contributed by atoms with E-state index >= 15 is 0 Å². The van der Waals surface area contributed by atoms with Crippen molar-refractivity contribution in [2.45, 2.75) is 33.4 Å². The molecule has 11 heavy (non-hydrogen) atoms. The van der Waals surface area contributed by atoms with Gasteiger partial charge >= 0.3 is 0 Å². The Morgan fingerprint density at radius 1 is 1.64 bits per heavy atom. The van der Waals surface area contributed by atoms with Crippen molar-refractivity contribution in [1.29, 1.82) is 0 Å². The van der Waals surface area contributed by atoms with Crippen molar-refractivity contribution in [1.82, 2.24) is 9.55 Å². The summed E-state index contributed by atoms with van der Waals surface area (Å²) in [7, 11) is 0. The Morgan fingerprint density at radius 2 is 2.36 bits per heavy atom. The van der Waals surface area contributed by atoms with E-state index < -0.39 is 0 Å². The highest BCUT2D eigenvalue weighted by molar-refractivity contribution is 5.26. The fraction of sp³-hybridized carbons (Fsp3) is 0.625. The van der Waals surface area contributed by atoms with Crippen LogP contribution >= 0.6 is 0 Å². The summed E-state index contributed by atoms with van der Waals surface area (Å²) >= 11 is 0. The van der Waals surface area contributed by atoms with Crippen molar-refractivity contribution < 1.29 is 0 Å². The molecule has 3 nitrogen and oxygen atoms in total. The zero-order valence-electron chi connectivity index (χ0n) is 7.33. The molecule has 0 amide bonds. The van der Waals surface area contributed by atoms with Crippen LogP contribution in [0.1, 0.15) is 20.8 Å². The molecule has 0 radical (unpaired) electrons. The number of anilines is 1. The number of aromatic nitrogens is 2. The van der Waals surface area contributed by atoms with E-state index in [4.69, 9.17) is 0 Å². The molecule has 0 bridgehead atoms. The maximum absolute atomic E-state index is 4.18. The summed E-state index contributed by atoms with van der Waals surface area (Å²) in [4.78, 5) is 4.18. The fourth-order valence-electron chi connectivity index (χ4n) is 0.963. The molecule has 1 aromatic heterocycles. The van der Waals surface area contributed by atoms with E-state index in [0.29, 0.717) is 6.04 Å². The van der Waals surface area contributed by atoms with Gasteiger partial charge in [-0.2, -0.15) is 0 Å². The molecule has 1 aromatic rings. The van der Waals surface area contributed by atoms with Gasteiger partial charge in [0.15, 0.2) is 0 Å². The summed E-state index contributed by atoms with van der Waals surface area (Å²) in [6.45, 7) is 7.28. The minimum absolute atomic E-state index is 0.447. The summed E-state index contributed by atoms with van der Waals surface area (Å²) < 4.78 is 2.08. The number of nitrogens with zero attached hydrogens (tertiary/aromatic N) is 2. The Morgan fingerprint density at radius 3 is 2.91 bits per heavy atom. The number of aryl methyl sites for hydroxylation is 1. The first-order chi connectivity index (χ1) is 5.24. The quantitative estimate of drug-likeness (QED) is 0.716. The predicted octanol–water partition coefficient (Wildman–Crippen LogP) is 1.72. The summed E-state index contributed by atoms with van der Waals surface area (Å²) in [6.07, 6.45) is 3.79. The number of hydrogen-bond donors (Lipinski definition) is 1. The van der Waals surface area contributed by atoms with E-state index in [-0.39, 0.29) is 0 Å². The third kappa shape index (κ3) is 1.97. The molecule has 1 heterocycles. The first-order valence-corrected chi connectivity index (χ1v) is 4.01. The van der Waals surface area contributed by atoms with Gasteiger partial charge in [0.05, 0.1) is 0 Å². The molecule has 0 atom stereocenters. The highest BCUT2D eigenvalue weighted by Gasteiger charge is 2.00. The van der Waals surface area contributed by atoms with Crippen molar-refractivity contribution in [3.63, 3.8) is 0 Å². The molecule has 62 valence electrons. The summed E-state index contributed by atoms with van der Waals surface area (Å²) in [5, 5.41) is 3.26. The Labute approximate surface area is 67.4 Å². The van der Waals surface area contributed by atoms with Gasteiger partial charge in [0, 0.05) is 25.0 Å². The van der Waals surface area contributed by atoms with Crippen molar-refractivity contribution in [3.8, 4) is 0 Å². The third-order valence-electron chi connectivity index (χ3n) is 1.47. The van der Waals surface area contributed by atoms with Crippen molar-refractivity contribution in [3.05, 3.63) is 12.4 Å². The number of hydrogen-bond acceptors (Lipinski definition) is 2. The van der Waals surface area contributed by atoms with Crippen LogP contribution in [0.5, 0.6) is 0 Å². The summed E-state index contributed by atoms with van der Waals surface area (Å²) in [6, 6.07) is 0.447. The highest BCUT2D eigenvalue weighted by atomic mass is 15.2. The van der Waals surface area contributed by atoms with Gasteiger partial charge in [-0.3, -0.25) is 0 Å². The molecule has 0 saturated carbocycles. The lowest BCUT2D eigenvalue weighted by Gasteiger charge is -2.09. The molecule has 0 fully saturated rings. The summed E-state index contributed by atoms with van der Waals surface area (Å²) in [5.41, 5.74) is 0. The van der Waals surface area contributed by atoms with Gasteiger partial charge in [-0.15, -0.1) is 0 Å². The number of nitrogens with one attached hydrogen (secondary N) is 1. The highest BCUT2D eigenvalue weighted by Crippen LogP contribution is 2.04. The predicted molar refractivity (Wildman–Crippen MR) is 46.7 cm³/mol. The van der Waals surface area contributed by atoms with Crippen molar-refractivity contribution in [2.24, 2.45) is 0 Å². The SMILES string of the molecule is CCn1ccnc1NC(C)C. The second kappa shape index (κ2) is 3.42. The smallest absolute Gasteiger partial charge is 0.202 e. The van der Waals surface area contributed by atoms with E-state index in [1.807, 2.05) is 12.4 Å². The Balaban J connectivity index is 2.68. The van der Waals surface area contributed by atoms with Crippen LogP contribution in [0.2, 0.25) is 0 Å². The average Bonchev–Trinajstić information content (AvgIpc) is 2.34. The first-order valence-electron chi connectivity index (χ1n) is 4.01.